The van der Waals surface area contributed by atoms with Crippen LogP contribution >= 0.6 is 0 Å². The van der Waals surface area contributed by atoms with Crippen LogP contribution in [-0.2, 0) is 12.8 Å². The zero-order valence-corrected chi connectivity index (χ0v) is 9.31. The van der Waals surface area contributed by atoms with Gasteiger partial charge in [0.1, 0.15) is 0 Å². The first-order chi connectivity index (χ1) is 7.61. The van der Waals surface area contributed by atoms with Gasteiger partial charge in [-0.3, -0.25) is 0 Å². The maximum Gasteiger partial charge on any atom is 0.404 e. The van der Waals surface area contributed by atoms with E-state index in [0.717, 1.165) is 11.1 Å². The van der Waals surface area contributed by atoms with E-state index in [1.165, 1.54) is 0 Å². The van der Waals surface area contributed by atoms with E-state index in [9.17, 15) is 4.79 Å². The highest BCUT2D eigenvalue weighted by Crippen LogP contribution is 2.08. The summed E-state index contributed by atoms with van der Waals surface area (Å²) in [4.78, 5) is 10.4. The van der Waals surface area contributed by atoms with Crippen LogP contribution in [0, 0.1) is 0 Å². The van der Waals surface area contributed by atoms with Crippen LogP contribution in [0.4, 0.5) is 4.79 Å². The maximum atomic E-state index is 10.4. The normalized spacial score (nSPS) is 12.1. The van der Waals surface area contributed by atoms with Crippen molar-refractivity contribution in [3.63, 3.8) is 0 Å². The van der Waals surface area contributed by atoms with Gasteiger partial charge in [-0.2, -0.15) is 0 Å². The largest absolute Gasteiger partial charge is 0.465 e. The van der Waals surface area contributed by atoms with Crippen molar-refractivity contribution in [1.29, 1.82) is 0 Å². The van der Waals surface area contributed by atoms with Gasteiger partial charge in [-0.25, -0.2) is 4.79 Å². The number of aliphatic hydroxyl groups excluding tert-OH is 1. The third kappa shape index (κ3) is 4.31. The zero-order valence-electron chi connectivity index (χ0n) is 9.31. The number of amides is 1. The summed E-state index contributed by atoms with van der Waals surface area (Å²) in [5.74, 6) is 0. The summed E-state index contributed by atoms with van der Waals surface area (Å²) in [5.41, 5.74) is 2.15. The second kappa shape index (κ2) is 6.12. The molecule has 1 atom stereocenters. The van der Waals surface area contributed by atoms with Gasteiger partial charge in [0.25, 0.3) is 0 Å². The first-order valence-electron chi connectivity index (χ1n) is 5.30. The van der Waals surface area contributed by atoms with Gasteiger partial charge in [0, 0.05) is 12.6 Å². The van der Waals surface area contributed by atoms with E-state index in [1.807, 2.05) is 31.2 Å². The molecule has 0 radical (unpaired) electrons. The molecule has 1 aromatic carbocycles. The smallest absolute Gasteiger partial charge is 0.404 e. The third-order valence-electron chi connectivity index (χ3n) is 2.30. The first kappa shape index (κ1) is 12.5. The van der Waals surface area contributed by atoms with Gasteiger partial charge in [-0.15, -0.1) is 0 Å². The average molecular weight is 223 g/mol. The molecule has 0 aliphatic carbocycles. The number of hydrogen-bond acceptors (Lipinski definition) is 2. The number of hydrogen-bond donors (Lipinski definition) is 3. The fourth-order valence-corrected chi connectivity index (χ4v) is 1.66. The van der Waals surface area contributed by atoms with Crippen molar-refractivity contribution < 1.29 is 15.0 Å². The van der Waals surface area contributed by atoms with Crippen molar-refractivity contribution >= 4 is 6.09 Å². The van der Waals surface area contributed by atoms with Crippen molar-refractivity contribution in [3.05, 3.63) is 35.4 Å². The first-order valence-corrected chi connectivity index (χ1v) is 5.30. The van der Waals surface area contributed by atoms with E-state index in [-0.39, 0.29) is 12.6 Å². The quantitative estimate of drug-likeness (QED) is 0.707. The second-order valence-corrected chi connectivity index (χ2v) is 3.85. The lowest BCUT2D eigenvalue weighted by Gasteiger charge is -2.11. The van der Waals surface area contributed by atoms with Gasteiger partial charge in [0.2, 0.25) is 0 Å². The summed E-state index contributed by atoms with van der Waals surface area (Å²) in [5, 5.41) is 19.8. The molecule has 0 saturated carbocycles. The van der Waals surface area contributed by atoms with E-state index in [4.69, 9.17) is 10.2 Å². The minimum atomic E-state index is -1.00. The number of nitrogens with one attached hydrogen (secondary N) is 1. The molecule has 0 unspecified atom stereocenters. The minimum Gasteiger partial charge on any atom is -0.465 e. The molecule has 0 saturated heterocycles. The fraction of sp³-hybridized carbons (Fsp3) is 0.417. The summed E-state index contributed by atoms with van der Waals surface area (Å²) in [7, 11) is 0. The molecule has 1 rings (SSSR count). The highest BCUT2D eigenvalue weighted by atomic mass is 16.4. The van der Waals surface area contributed by atoms with Crippen LogP contribution in [0.1, 0.15) is 18.1 Å². The van der Waals surface area contributed by atoms with E-state index >= 15 is 0 Å². The molecular weight excluding hydrogens is 206 g/mol. The molecule has 0 aliphatic heterocycles. The number of carbonyl (C=O) groups is 1. The summed E-state index contributed by atoms with van der Waals surface area (Å²) in [6.07, 6.45) is 0.291. The maximum absolute atomic E-state index is 10.4. The third-order valence-corrected chi connectivity index (χ3v) is 2.30. The summed E-state index contributed by atoms with van der Waals surface area (Å²) in [6.45, 7) is 1.96. The van der Waals surface area contributed by atoms with Crippen LogP contribution < -0.4 is 5.32 Å². The summed E-state index contributed by atoms with van der Waals surface area (Å²) < 4.78 is 0. The predicted octanol–water partition coefficient (Wildman–Crippen LogP) is 1.42. The van der Waals surface area contributed by atoms with Crippen molar-refractivity contribution in [3.8, 4) is 0 Å². The fourth-order valence-electron chi connectivity index (χ4n) is 1.66. The summed E-state index contributed by atoms with van der Waals surface area (Å²) in [6, 6.07) is 7.72. The molecule has 88 valence electrons. The lowest BCUT2D eigenvalue weighted by atomic mass is 10.0. The Bertz CT molecular complexity index is 352. The Labute approximate surface area is 94.9 Å². The molecule has 0 heterocycles. The van der Waals surface area contributed by atoms with E-state index < -0.39 is 6.09 Å². The molecule has 0 spiro atoms. The van der Waals surface area contributed by atoms with Crippen molar-refractivity contribution in [2.45, 2.75) is 25.8 Å². The Morgan fingerprint density at radius 1 is 1.44 bits per heavy atom. The van der Waals surface area contributed by atoms with Gasteiger partial charge in [0.05, 0.1) is 0 Å². The molecule has 0 bridgehead atoms. The Kier molecular flexibility index (Phi) is 4.79. The van der Waals surface area contributed by atoms with Gasteiger partial charge in [0.15, 0.2) is 0 Å². The molecule has 0 aliphatic rings. The zero-order chi connectivity index (χ0) is 12.0. The Balaban J connectivity index is 2.59. The SMILES string of the molecule is C[C@@H](Cc1cccc(CCO)c1)NC(=O)O. The Morgan fingerprint density at radius 2 is 2.12 bits per heavy atom. The van der Waals surface area contributed by atoms with E-state index in [1.54, 1.807) is 0 Å². The van der Waals surface area contributed by atoms with Gasteiger partial charge in [-0.1, -0.05) is 24.3 Å². The Morgan fingerprint density at radius 3 is 2.75 bits per heavy atom. The molecule has 3 N–H and O–H groups in total. The minimum absolute atomic E-state index is 0.109. The monoisotopic (exact) mass is 223 g/mol. The van der Waals surface area contributed by atoms with Crippen LogP contribution in [0.15, 0.2) is 24.3 Å². The van der Waals surface area contributed by atoms with Crippen LogP contribution in [0.3, 0.4) is 0 Å². The molecule has 1 amide bonds. The summed E-state index contributed by atoms with van der Waals surface area (Å²) >= 11 is 0. The lowest BCUT2D eigenvalue weighted by molar-refractivity contribution is 0.190. The van der Waals surface area contributed by atoms with E-state index in [0.29, 0.717) is 12.8 Å². The van der Waals surface area contributed by atoms with Crippen LogP contribution in [0.2, 0.25) is 0 Å². The average Bonchev–Trinajstić information content (AvgIpc) is 2.17. The van der Waals surface area contributed by atoms with Crippen molar-refractivity contribution in [2.75, 3.05) is 6.61 Å². The molecular formula is C12H17NO3. The van der Waals surface area contributed by atoms with Crippen molar-refractivity contribution in [2.24, 2.45) is 0 Å². The van der Waals surface area contributed by atoms with Crippen molar-refractivity contribution in [1.82, 2.24) is 5.32 Å². The standard InChI is InChI=1S/C12H17NO3/c1-9(13-12(15)16)7-11-4-2-3-10(8-11)5-6-14/h2-4,8-9,13-14H,5-7H2,1H3,(H,15,16)/t9-/m0/s1. The number of benzene rings is 1. The molecule has 4 nitrogen and oxygen atoms in total. The molecule has 1 aromatic rings. The molecule has 0 fully saturated rings. The number of aliphatic hydroxyl groups is 1. The van der Waals surface area contributed by atoms with Gasteiger partial charge >= 0.3 is 6.09 Å². The van der Waals surface area contributed by atoms with Gasteiger partial charge < -0.3 is 15.5 Å². The molecule has 0 aromatic heterocycles. The van der Waals surface area contributed by atoms with E-state index in [2.05, 4.69) is 5.32 Å². The molecule has 4 heteroatoms. The Hall–Kier alpha value is -1.55. The predicted molar refractivity (Wildman–Crippen MR) is 61.6 cm³/mol. The molecule has 16 heavy (non-hydrogen) atoms. The highest BCUT2D eigenvalue weighted by Gasteiger charge is 2.06. The van der Waals surface area contributed by atoms with Crippen LogP contribution in [0.25, 0.3) is 0 Å². The number of carboxylic acid groups (broad SMARTS) is 1. The van der Waals surface area contributed by atoms with Crippen LogP contribution in [-0.4, -0.2) is 29.0 Å². The highest BCUT2D eigenvalue weighted by molar-refractivity contribution is 5.64. The van der Waals surface area contributed by atoms with Gasteiger partial charge in [-0.05, 0) is 30.9 Å². The second-order valence-electron chi connectivity index (χ2n) is 3.85. The topological polar surface area (TPSA) is 69.6 Å². The lowest BCUT2D eigenvalue weighted by Crippen LogP contribution is -2.32. The number of rotatable bonds is 5. The van der Waals surface area contributed by atoms with Crippen LogP contribution in [0.5, 0.6) is 0 Å².